The van der Waals surface area contributed by atoms with Crippen LogP contribution in [0, 0.1) is 41.5 Å². The predicted molar refractivity (Wildman–Crippen MR) is 331 cm³/mol. The standard InChI is InChI=1S/C10H14O2.C10H14.C8H20NO2P.2C6H16NP.C4H12NO2P.C4H12NP.C4H12OSi/c1-7-5-10(12-4)8(2)6-9(7)11-3;1-7-5-9(3)10(4)6-8(7)2;1-7(2)10-12(6,9-5)11-8(3)4;3*1-5-8(4,6-2)7-3;2*1-5-6(2,3)4/h5-6H,1-4H3;5-6H,1-4H3;7-8H,1-6H3;2*5-6H2,1-4H3;1-4H3;2*1-4H3. The van der Waals surface area contributed by atoms with Crippen LogP contribution in [-0.2, 0) is 22.5 Å². The molecule has 0 bridgehead atoms. The first-order valence-corrected chi connectivity index (χ1v) is 40.1. The summed E-state index contributed by atoms with van der Waals surface area (Å²) in [4.78, 5) is 0. The molecule has 0 spiro atoms. The Morgan fingerprint density at radius 3 is 0.771 bits per heavy atom. The van der Waals surface area contributed by atoms with Crippen molar-refractivity contribution < 1.29 is 32.0 Å². The van der Waals surface area contributed by atoms with Crippen molar-refractivity contribution in [1.82, 2.24) is 0 Å². The van der Waals surface area contributed by atoms with Crippen LogP contribution in [0.1, 0.15) is 88.8 Å². The van der Waals surface area contributed by atoms with E-state index in [0.29, 0.717) is 0 Å². The Balaban J connectivity index is -0.000000169. The van der Waals surface area contributed by atoms with Gasteiger partial charge < -0.3 is 46.2 Å². The van der Waals surface area contributed by atoms with Gasteiger partial charge in [0, 0.05) is 69.9 Å². The first kappa shape index (κ1) is 80.6. The van der Waals surface area contributed by atoms with Crippen LogP contribution in [0.25, 0.3) is 0 Å². The van der Waals surface area contributed by atoms with E-state index in [2.05, 4.69) is 144 Å². The number of benzene rings is 2. The third-order valence-electron chi connectivity index (χ3n) is 11.1. The minimum atomic E-state index is -1.94. The van der Waals surface area contributed by atoms with E-state index in [0.717, 1.165) is 22.6 Å². The third-order valence-corrected chi connectivity index (χ3v) is 25.4. The fourth-order valence-corrected chi connectivity index (χ4v) is 8.76. The van der Waals surface area contributed by atoms with E-state index in [1.165, 1.54) is 46.9 Å². The Hall–Kier alpha value is -0.793. The molecule has 2 rings (SSSR count). The maximum absolute atomic E-state index is 5.62. The second kappa shape index (κ2) is 42.4. The molecule has 2 aromatic carbocycles. The van der Waals surface area contributed by atoms with Gasteiger partial charge in [0.25, 0.3) is 0 Å². The summed E-state index contributed by atoms with van der Waals surface area (Å²) < 4.78 is 57.5. The van der Waals surface area contributed by atoms with Gasteiger partial charge in [0.15, 0.2) is 8.32 Å². The number of ether oxygens (including phenoxy) is 2. The molecule has 12 nitrogen and oxygen atoms in total. The maximum Gasteiger partial charge on any atom is 0.209 e. The first-order chi connectivity index (χ1) is 31.9. The van der Waals surface area contributed by atoms with Gasteiger partial charge in [-0.2, -0.15) is 0 Å². The zero-order valence-corrected chi connectivity index (χ0v) is 57.6. The predicted octanol–water partition coefficient (Wildman–Crippen LogP) is 18.1. The van der Waals surface area contributed by atoms with Crippen LogP contribution in [0.3, 0.4) is 0 Å². The third kappa shape index (κ3) is 44.7. The van der Waals surface area contributed by atoms with Gasteiger partial charge in [-0.3, -0.25) is 9.49 Å². The molecule has 0 heterocycles. The summed E-state index contributed by atoms with van der Waals surface area (Å²) in [6.07, 6.45) is 5.40. The Morgan fingerprint density at radius 2 is 0.671 bits per heavy atom. The average molecular weight is 1110 g/mol. The second-order valence-corrected chi connectivity index (χ2v) is 42.1. The highest BCUT2D eigenvalue weighted by molar-refractivity contribution is 7.65. The van der Waals surface area contributed by atoms with E-state index in [9.17, 15) is 0 Å². The number of nitrogens with zero attached hydrogens (tertiary/aromatic N) is 5. The zero-order chi connectivity index (χ0) is 56.9. The van der Waals surface area contributed by atoms with Crippen LogP contribution in [0.2, 0.25) is 19.6 Å². The Morgan fingerprint density at radius 1 is 0.429 bits per heavy atom. The highest BCUT2D eigenvalue weighted by atomic mass is 31.2. The summed E-state index contributed by atoms with van der Waals surface area (Å²) >= 11 is 0. The van der Waals surface area contributed by atoms with Crippen molar-refractivity contribution in [2.45, 2.75) is 129 Å². The van der Waals surface area contributed by atoms with Gasteiger partial charge in [-0.25, -0.2) is 0 Å². The summed E-state index contributed by atoms with van der Waals surface area (Å²) in [5.41, 5.74) is 7.76. The van der Waals surface area contributed by atoms with Crippen LogP contribution >= 0.6 is 36.2 Å². The van der Waals surface area contributed by atoms with Crippen LogP contribution in [0.15, 0.2) is 48.0 Å². The molecule has 0 N–H and O–H groups in total. The lowest BCUT2D eigenvalue weighted by atomic mass is 10.0. The molecule has 420 valence electrons. The molecule has 0 fully saturated rings. The van der Waals surface area contributed by atoms with Crippen LogP contribution in [-0.4, -0.2) is 163 Å². The fraction of sp³-hybridized carbons (Fsp3) is 0.769. The molecule has 0 aromatic heterocycles. The Kier molecular flexibility index (Phi) is 48.9. The number of aryl methyl sites for hydroxylation is 6. The van der Waals surface area contributed by atoms with Crippen LogP contribution in [0.4, 0.5) is 0 Å². The highest BCUT2D eigenvalue weighted by Gasteiger charge is 2.17. The molecule has 0 unspecified atom stereocenters. The van der Waals surface area contributed by atoms with Crippen molar-refractivity contribution >= 4 is 44.5 Å². The van der Waals surface area contributed by atoms with Gasteiger partial charge in [-0.15, -0.1) is 0 Å². The lowest BCUT2D eigenvalue weighted by Crippen LogP contribution is -2.22. The molecule has 0 atom stereocenters. The van der Waals surface area contributed by atoms with E-state index in [-0.39, 0.29) is 12.2 Å². The Bertz CT molecular complexity index is 1770. The van der Waals surface area contributed by atoms with Crippen molar-refractivity contribution in [1.29, 1.82) is 0 Å². The van der Waals surface area contributed by atoms with Gasteiger partial charge >= 0.3 is 0 Å². The molecule has 2 aromatic rings. The van der Waals surface area contributed by atoms with Gasteiger partial charge in [0.2, 0.25) is 15.0 Å². The molecule has 0 radical (unpaired) electrons. The quantitative estimate of drug-likeness (QED) is 0.144. The zero-order valence-electron chi connectivity index (χ0n) is 52.1. The molecular weight excluding hydrogens is 990 g/mol. The molecule has 0 aliphatic heterocycles. The van der Waals surface area contributed by atoms with Crippen LogP contribution < -0.4 is 9.47 Å². The van der Waals surface area contributed by atoms with Crippen molar-refractivity contribution in [3.8, 4) is 11.5 Å². The smallest absolute Gasteiger partial charge is 0.209 e. The largest absolute Gasteiger partial charge is 0.496 e. The number of methoxy groups -OCH3 is 2. The minimum absolute atomic E-state index is 0.172. The summed E-state index contributed by atoms with van der Waals surface area (Å²) in [6, 6.07) is 8.44. The van der Waals surface area contributed by atoms with E-state index >= 15 is 0 Å². The van der Waals surface area contributed by atoms with Gasteiger partial charge in [-0.1, -0.05) is 39.8 Å². The minimum Gasteiger partial charge on any atom is -0.496 e. The molecule has 0 saturated heterocycles. The van der Waals surface area contributed by atoms with Crippen molar-refractivity contribution in [2.24, 2.45) is 23.7 Å². The lowest BCUT2D eigenvalue weighted by Gasteiger charge is -2.23. The van der Waals surface area contributed by atoms with Crippen molar-refractivity contribution in [3.05, 3.63) is 57.6 Å². The number of hydrogen-bond donors (Lipinski definition) is 0. The lowest BCUT2D eigenvalue weighted by molar-refractivity contribution is 0.172. The molecule has 0 amide bonds. The maximum atomic E-state index is 5.62. The van der Waals surface area contributed by atoms with Crippen LogP contribution in [0.5, 0.6) is 11.5 Å². The number of rotatable bonds is 13. The highest BCUT2D eigenvalue weighted by Crippen LogP contribution is 2.50. The Labute approximate surface area is 438 Å². The summed E-state index contributed by atoms with van der Waals surface area (Å²) in [7, 11) is 10.3. The normalized spacial score (nSPS) is 11.2. The van der Waals surface area contributed by atoms with E-state index < -0.39 is 44.5 Å². The molecule has 0 aliphatic carbocycles. The fourth-order valence-electron chi connectivity index (χ4n) is 4.46. The van der Waals surface area contributed by atoms with E-state index in [1.807, 2.05) is 88.1 Å². The second-order valence-electron chi connectivity index (χ2n) is 19.3. The first-order valence-electron chi connectivity index (χ1n) is 24.4. The molecule has 18 heteroatoms. The van der Waals surface area contributed by atoms with Gasteiger partial charge in [0.05, 0.1) is 26.4 Å². The molecular formula is C52H116N5O7P5Si. The molecule has 70 heavy (non-hydrogen) atoms. The summed E-state index contributed by atoms with van der Waals surface area (Å²) in [6.45, 7) is 50.9. The SMILES string of the molecule is CCP(C)(CC)=NC.CCP(C)(CC)=NC.CN=P(C)(C)C.CN=P(C)(OC(C)C)OC(C)C.CN=P(C)(OC)OC.CO[Si](C)(C)C.COc1cc(C)c(OC)cc1C.Cc1cc(C)c(C)cc1C. The summed E-state index contributed by atoms with van der Waals surface area (Å²) in [5, 5.41) is 0. The monoisotopic (exact) mass is 1110 g/mol. The van der Waals surface area contributed by atoms with Crippen molar-refractivity contribution in [3.63, 3.8) is 0 Å². The topological polar surface area (TPSA) is 126 Å². The number of hydrogen-bond acceptors (Lipinski definition) is 12. The van der Waals surface area contributed by atoms with Crippen molar-refractivity contribution in [2.75, 3.05) is 142 Å². The molecule has 0 aliphatic rings. The van der Waals surface area contributed by atoms with Gasteiger partial charge in [-0.05, 0) is 214 Å². The molecule has 0 saturated carbocycles. The van der Waals surface area contributed by atoms with E-state index in [4.69, 9.17) is 32.0 Å². The van der Waals surface area contributed by atoms with Gasteiger partial charge in [0.1, 0.15) is 11.5 Å². The average Bonchev–Trinajstić information content (AvgIpc) is 3.31. The summed E-state index contributed by atoms with van der Waals surface area (Å²) in [5.74, 6) is 1.82. The van der Waals surface area contributed by atoms with E-state index in [1.54, 1.807) is 49.6 Å².